The Morgan fingerprint density at radius 3 is 2.51 bits per heavy atom. The average molecular weight is 564 g/mol. The second-order valence-corrected chi connectivity index (χ2v) is 11.8. The van der Waals surface area contributed by atoms with Gasteiger partial charge in [0.1, 0.15) is 34.5 Å². The predicted molar refractivity (Wildman–Crippen MR) is 155 cm³/mol. The third-order valence-corrected chi connectivity index (χ3v) is 7.33. The summed E-state index contributed by atoms with van der Waals surface area (Å²) in [5, 5.41) is 8.73. The van der Waals surface area contributed by atoms with Crippen LogP contribution in [0, 0.1) is 5.82 Å². The molecule has 11 heteroatoms. The van der Waals surface area contributed by atoms with Crippen molar-refractivity contribution in [3.8, 4) is 5.75 Å². The molecular weight excluding hydrogens is 525 g/mol. The lowest BCUT2D eigenvalue weighted by Crippen LogP contribution is -2.42. The molecule has 2 fully saturated rings. The molecule has 3 aromatic heterocycles. The molecule has 2 N–H and O–H groups in total. The second-order valence-electron chi connectivity index (χ2n) is 11.8. The minimum atomic E-state index is -0.528. The standard InChI is InChI=1S/C30H38FN7O3/c1-18(35-23-10-12-37(13-11-23)29(39)41-30(3,4)5)27(36-32)21-14-26(40-19(2)25-9-8-22(31)15-33-25)28-24(20-6-7-20)16-34-38(28)17-21/h8-9,14-17,19-20,23H,6-7,10-13,32H2,1-5H3/b35-18?,36-27+. The van der Waals surface area contributed by atoms with Crippen molar-refractivity contribution < 1.29 is 18.7 Å². The highest BCUT2D eigenvalue weighted by molar-refractivity contribution is 6.47. The maximum absolute atomic E-state index is 13.5. The van der Waals surface area contributed by atoms with Crippen LogP contribution in [0.4, 0.5) is 9.18 Å². The Kier molecular flexibility index (Phi) is 7.97. The fourth-order valence-corrected chi connectivity index (χ4v) is 5.11. The molecule has 2 aliphatic rings. The number of carbonyl (C=O) groups excluding carboxylic acids is 1. The summed E-state index contributed by atoms with van der Waals surface area (Å²) in [5.41, 5.74) is 4.06. The number of pyridine rings is 2. The van der Waals surface area contributed by atoms with Crippen molar-refractivity contribution in [2.24, 2.45) is 15.9 Å². The zero-order valence-electron chi connectivity index (χ0n) is 24.3. The monoisotopic (exact) mass is 563 g/mol. The first-order valence-electron chi connectivity index (χ1n) is 14.1. The highest BCUT2D eigenvalue weighted by Gasteiger charge is 2.30. The number of hydrogen-bond acceptors (Lipinski definition) is 8. The van der Waals surface area contributed by atoms with Crippen LogP contribution >= 0.6 is 0 Å². The molecule has 1 atom stereocenters. The van der Waals surface area contributed by atoms with Crippen LogP contribution in [0.5, 0.6) is 5.75 Å². The van der Waals surface area contributed by atoms with Gasteiger partial charge in [0.05, 0.1) is 29.8 Å². The number of ether oxygens (including phenoxy) is 2. The number of aromatic nitrogens is 3. The summed E-state index contributed by atoms with van der Waals surface area (Å²) in [6, 6.07) is 4.94. The van der Waals surface area contributed by atoms with Gasteiger partial charge in [0.2, 0.25) is 0 Å². The SMILES string of the molecule is CC(=NC1CCN(C(=O)OC(C)(C)C)CC1)/C(=N\N)c1cc(OC(C)c2ccc(F)cn2)c2c(C3CC3)cnn2c1. The average Bonchev–Trinajstić information content (AvgIpc) is 3.67. The van der Waals surface area contributed by atoms with Crippen LogP contribution < -0.4 is 10.6 Å². The maximum Gasteiger partial charge on any atom is 0.410 e. The van der Waals surface area contributed by atoms with Crippen LogP contribution in [0.3, 0.4) is 0 Å². The molecule has 0 bridgehead atoms. The quantitative estimate of drug-likeness (QED) is 0.233. The minimum absolute atomic E-state index is 0.0284. The molecule has 41 heavy (non-hydrogen) atoms. The Labute approximate surface area is 239 Å². The first-order valence-corrected chi connectivity index (χ1v) is 14.1. The first-order chi connectivity index (χ1) is 19.5. The fraction of sp³-hybridized carbons (Fsp3) is 0.500. The van der Waals surface area contributed by atoms with Gasteiger partial charge < -0.3 is 20.2 Å². The van der Waals surface area contributed by atoms with Crippen molar-refractivity contribution in [2.75, 3.05) is 13.1 Å². The van der Waals surface area contributed by atoms with Crippen LogP contribution in [0.1, 0.15) is 89.1 Å². The number of hydrogen-bond donors (Lipinski definition) is 1. The topological polar surface area (TPSA) is 120 Å². The van der Waals surface area contributed by atoms with Gasteiger partial charge in [0, 0.05) is 30.4 Å². The van der Waals surface area contributed by atoms with Gasteiger partial charge in [-0.1, -0.05) is 0 Å². The number of hydrazone groups is 1. The Morgan fingerprint density at radius 1 is 1.17 bits per heavy atom. The normalized spacial score (nSPS) is 18.0. The molecule has 10 nitrogen and oxygen atoms in total. The molecule has 5 rings (SSSR count). The lowest BCUT2D eigenvalue weighted by Gasteiger charge is -2.32. The molecule has 3 aromatic rings. The second kappa shape index (κ2) is 11.5. The Morgan fingerprint density at radius 2 is 1.90 bits per heavy atom. The zero-order chi connectivity index (χ0) is 29.3. The Bertz CT molecular complexity index is 1460. The molecule has 1 unspecified atom stereocenters. The van der Waals surface area contributed by atoms with Crippen LogP contribution in [0.2, 0.25) is 0 Å². The zero-order valence-corrected chi connectivity index (χ0v) is 24.3. The molecule has 1 saturated heterocycles. The highest BCUT2D eigenvalue weighted by atomic mass is 19.1. The molecule has 4 heterocycles. The summed E-state index contributed by atoms with van der Waals surface area (Å²) in [4.78, 5) is 23.3. The summed E-state index contributed by atoms with van der Waals surface area (Å²) in [6.07, 6.45) is 7.91. The molecule has 0 radical (unpaired) electrons. The van der Waals surface area contributed by atoms with E-state index in [-0.39, 0.29) is 12.1 Å². The minimum Gasteiger partial charge on any atom is -0.482 e. The third kappa shape index (κ3) is 6.66. The summed E-state index contributed by atoms with van der Waals surface area (Å²) < 4.78 is 27.2. The Hall–Kier alpha value is -4.02. The number of rotatable bonds is 7. The number of halogens is 1. The van der Waals surface area contributed by atoms with Gasteiger partial charge in [-0.25, -0.2) is 13.7 Å². The lowest BCUT2D eigenvalue weighted by atomic mass is 10.0. The fourth-order valence-electron chi connectivity index (χ4n) is 5.11. The number of aliphatic imine (C=N–C) groups is 1. The van der Waals surface area contributed by atoms with E-state index in [9.17, 15) is 9.18 Å². The van der Waals surface area contributed by atoms with Crippen molar-refractivity contribution in [1.29, 1.82) is 0 Å². The number of carbonyl (C=O) groups is 1. The van der Waals surface area contributed by atoms with Gasteiger partial charge in [0.25, 0.3) is 0 Å². The predicted octanol–water partition coefficient (Wildman–Crippen LogP) is 5.41. The molecular formula is C30H38FN7O3. The molecule has 1 aliphatic carbocycles. The molecule has 0 spiro atoms. The van der Waals surface area contributed by atoms with Gasteiger partial charge in [0.15, 0.2) is 0 Å². The van der Waals surface area contributed by atoms with Crippen LogP contribution in [0.25, 0.3) is 5.52 Å². The van der Waals surface area contributed by atoms with Crippen molar-refractivity contribution in [2.45, 2.75) is 84.0 Å². The summed E-state index contributed by atoms with van der Waals surface area (Å²) >= 11 is 0. The van der Waals surface area contributed by atoms with E-state index in [0.717, 1.165) is 23.9 Å². The summed E-state index contributed by atoms with van der Waals surface area (Å²) in [6.45, 7) is 10.5. The number of likely N-dealkylation sites (tertiary alicyclic amines) is 1. The number of piperidine rings is 1. The van der Waals surface area contributed by atoms with E-state index in [4.69, 9.17) is 20.3 Å². The van der Waals surface area contributed by atoms with Crippen LogP contribution in [-0.2, 0) is 4.74 Å². The largest absolute Gasteiger partial charge is 0.482 e. The van der Waals surface area contributed by atoms with E-state index in [1.54, 1.807) is 15.5 Å². The maximum atomic E-state index is 13.5. The van der Waals surface area contributed by atoms with E-state index in [1.807, 2.05) is 53.1 Å². The third-order valence-electron chi connectivity index (χ3n) is 7.33. The van der Waals surface area contributed by atoms with E-state index >= 15 is 0 Å². The summed E-state index contributed by atoms with van der Waals surface area (Å²) in [7, 11) is 0. The smallest absolute Gasteiger partial charge is 0.410 e. The van der Waals surface area contributed by atoms with E-state index in [1.165, 1.54) is 12.3 Å². The van der Waals surface area contributed by atoms with Gasteiger partial charge >= 0.3 is 6.09 Å². The van der Waals surface area contributed by atoms with Gasteiger partial charge in [-0.2, -0.15) is 10.2 Å². The first kappa shape index (κ1) is 28.5. The molecule has 218 valence electrons. The van der Waals surface area contributed by atoms with Crippen LogP contribution in [-0.4, -0.2) is 61.7 Å². The van der Waals surface area contributed by atoms with Crippen molar-refractivity contribution in [1.82, 2.24) is 19.5 Å². The Balaban J connectivity index is 1.38. The molecule has 1 saturated carbocycles. The van der Waals surface area contributed by atoms with Crippen molar-refractivity contribution >= 4 is 23.0 Å². The number of nitrogens with two attached hydrogens (primary N) is 1. The van der Waals surface area contributed by atoms with E-state index < -0.39 is 17.5 Å². The highest BCUT2D eigenvalue weighted by Crippen LogP contribution is 2.44. The molecule has 0 aromatic carbocycles. The number of nitrogens with zero attached hydrogens (tertiary/aromatic N) is 6. The van der Waals surface area contributed by atoms with Crippen LogP contribution in [0.15, 0.2) is 46.9 Å². The number of fused-ring (bicyclic) bond motifs is 1. The van der Waals surface area contributed by atoms with Gasteiger partial charge in [-0.3, -0.25) is 9.98 Å². The molecule has 1 amide bonds. The van der Waals surface area contributed by atoms with Crippen molar-refractivity contribution in [3.63, 3.8) is 0 Å². The summed E-state index contributed by atoms with van der Waals surface area (Å²) in [5.74, 6) is 6.60. The van der Waals surface area contributed by atoms with Gasteiger partial charge in [-0.15, -0.1) is 0 Å². The van der Waals surface area contributed by atoms with E-state index in [0.29, 0.717) is 60.3 Å². The lowest BCUT2D eigenvalue weighted by molar-refractivity contribution is 0.0207. The van der Waals surface area contributed by atoms with Crippen molar-refractivity contribution in [3.05, 3.63) is 59.4 Å². The van der Waals surface area contributed by atoms with Gasteiger partial charge in [-0.05, 0) is 84.4 Å². The van der Waals surface area contributed by atoms with E-state index in [2.05, 4.69) is 15.2 Å². The number of amides is 1. The molecule has 1 aliphatic heterocycles.